The fourth-order valence-electron chi connectivity index (χ4n) is 2.31. The number of rotatable bonds is 9. The van der Waals surface area contributed by atoms with E-state index in [-0.39, 0.29) is 29.8 Å². The number of aliphatic imine (C=N–C) groups is 1. The van der Waals surface area contributed by atoms with Crippen LogP contribution in [0.1, 0.15) is 23.6 Å². The molecule has 1 aromatic heterocycles. The molecule has 0 aliphatic rings. The summed E-state index contributed by atoms with van der Waals surface area (Å²) in [6.07, 6.45) is 3.98. The lowest BCUT2D eigenvalue weighted by atomic mass is 10.1. The van der Waals surface area contributed by atoms with E-state index >= 15 is 0 Å². The minimum absolute atomic E-state index is 0. The Morgan fingerprint density at radius 1 is 1.19 bits per heavy atom. The highest BCUT2D eigenvalue weighted by atomic mass is 127. The lowest BCUT2D eigenvalue weighted by molar-refractivity contribution is 0.626. The van der Waals surface area contributed by atoms with E-state index in [2.05, 4.69) is 32.1 Å². The maximum Gasteiger partial charge on any atom is 0.191 e. The topological polar surface area (TPSA) is 67.1 Å². The van der Waals surface area contributed by atoms with Crippen LogP contribution in [-0.4, -0.2) is 45.8 Å². The molecular weight excluding hydrogens is 478 g/mol. The molecule has 0 atom stereocenters. The van der Waals surface area contributed by atoms with E-state index in [1.807, 2.05) is 42.4 Å². The largest absolute Gasteiger partial charge is 0.356 e. The van der Waals surface area contributed by atoms with Crippen LogP contribution in [0.15, 0.2) is 29.3 Å². The predicted octanol–water partition coefficient (Wildman–Crippen LogP) is 2.91. The Morgan fingerprint density at radius 3 is 2.52 bits per heavy atom. The molecule has 0 aliphatic carbocycles. The van der Waals surface area contributed by atoms with E-state index in [0.29, 0.717) is 6.54 Å². The summed E-state index contributed by atoms with van der Waals surface area (Å²) in [5.74, 6) is 3.35. The number of hydrogen-bond donors (Lipinski definition) is 2. The Hall–Kier alpha value is -1.36. The van der Waals surface area contributed by atoms with Crippen LogP contribution in [0.5, 0.6) is 0 Å². The molecule has 2 aromatic rings. The van der Waals surface area contributed by atoms with E-state index in [1.165, 1.54) is 12.1 Å². The minimum Gasteiger partial charge on any atom is -0.356 e. The van der Waals surface area contributed by atoms with Crippen molar-refractivity contribution in [2.75, 3.05) is 25.1 Å². The van der Waals surface area contributed by atoms with Crippen molar-refractivity contribution in [1.82, 2.24) is 25.4 Å². The molecule has 150 valence electrons. The number of thioether (sulfide) groups is 1. The Labute approximate surface area is 181 Å². The van der Waals surface area contributed by atoms with Gasteiger partial charge in [0, 0.05) is 20.1 Å². The van der Waals surface area contributed by atoms with Gasteiger partial charge in [-0.05, 0) is 49.5 Å². The first kappa shape index (κ1) is 23.7. The summed E-state index contributed by atoms with van der Waals surface area (Å²) in [4.78, 5) is 4.62. The van der Waals surface area contributed by atoms with Crippen LogP contribution in [0.4, 0.5) is 4.39 Å². The maximum atomic E-state index is 13.0. The maximum absolute atomic E-state index is 13.0. The van der Waals surface area contributed by atoms with Gasteiger partial charge in [-0.1, -0.05) is 12.1 Å². The first-order valence-electron chi connectivity index (χ1n) is 8.70. The summed E-state index contributed by atoms with van der Waals surface area (Å²) in [5, 5.41) is 14.9. The zero-order chi connectivity index (χ0) is 18.8. The molecular formula is C18H28FIN6S. The monoisotopic (exact) mass is 506 g/mol. The molecule has 0 radical (unpaired) electrons. The number of aryl methyl sites for hydroxylation is 1. The third-order valence-electron chi connectivity index (χ3n) is 4.00. The summed E-state index contributed by atoms with van der Waals surface area (Å²) in [6.45, 7) is 3.97. The van der Waals surface area contributed by atoms with Crippen molar-refractivity contribution in [3.8, 4) is 0 Å². The summed E-state index contributed by atoms with van der Waals surface area (Å²) >= 11 is 1.83. The van der Waals surface area contributed by atoms with E-state index < -0.39 is 0 Å². The van der Waals surface area contributed by atoms with Crippen molar-refractivity contribution in [3.05, 3.63) is 47.3 Å². The van der Waals surface area contributed by atoms with Crippen molar-refractivity contribution in [2.45, 2.75) is 26.3 Å². The molecule has 1 heterocycles. The number of hydrogen-bond acceptors (Lipinski definition) is 4. The van der Waals surface area contributed by atoms with Crippen LogP contribution in [0.2, 0.25) is 0 Å². The second kappa shape index (κ2) is 12.9. The van der Waals surface area contributed by atoms with Crippen molar-refractivity contribution in [2.24, 2.45) is 12.0 Å². The molecule has 0 fully saturated rings. The van der Waals surface area contributed by atoms with Gasteiger partial charge in [0.25, 0.3) is 0 Å². The number of guanidine groups is 1. The molecule has 0 spiro atoms. The highest BCUT2D eigenvalue weighted by molar-refractivity contribution is 14.0. The normalized spacial score (nSPS) is 11.2. The second-order valence-corrected chi connectivity index (χ2v) is 6.95. The van der Waals surface area contributed by atoms with Crippen LogP contribution in [0.3, 0.4) is 0 Å². The van der Waals surface area contributed by atoms with Crippen molar-refractivity contribution < 1.29 is 4.39 Å². The van der Waals surface area contributed by atoms with Crippen LogP contribution < -0.4 is 10.6 Å². The third kappa shape index (κ3) is 8.46. The summed E-state index contributed by atoms with van der Waals surface area (Å²) in [5.41, 5.74) is 1.09. The molecule has 9 heteroatoms. The summed E-state index contributed by atoms with van der Waals surface area (Å²) < 4.78 is 14.9. The van der Waals surface area contributed by atoms with Crippen LogP contribution in [0.25, 0.3) is 0 Å². The van der Waals surface area contributed by atoms with Gasteiger partial charge in [0.05, 0.1) is 0 Å². The second-order valence-electron chi connectivity index (χ2n) is 5.96. The molecule has 2 rings (SSSR count). The lowest BCUT2D eigenvalue weighted by Gasteiger charge is -2.12. The standard InChI is InChI=1S/C18H27FN6S.HI/c1-14-23-24-17(25(14)2)13-22-18(20-10-4-12-26-3)21-11-9-15-5-7-16(19)8-6-15;/h5-8H,4,9-13H2,1-3H3,(H2,20,21,22);1H. The Bertz CT molecular complexity index is 704. The van der Waals surface area contributed by atoms with Gasteiger partial charge in [0.15, 0.2) is 11.8 Å². The van der Waals surface area contributed by atoms with Gasteiger partial charge in [-0.2, -0.15) is 11.8 Å². The lowest BCUT2D eigenvalue weighted by Crippen LogP contribution is -2.39. The van der Waals surface area contributed by atoms with Crippen molar-refractivity contribution >= 4 is 41.7 Å². The highest BCUT2D eigenvalue weighted by Crippen LogP contribution is 2.03. The van der Waals surface area contributed by atoms with Gasteiger partial charge in [-0.25, -0.2) is 9.38 Å². The van der Waals surface area contributed by atoms with Gasteiger partial charge < -0.3 is 15.2 Å². The van der Waals surface area contributed by atoms with Crippen molar-refractivity contribution in [1.29, 1.82) is 0 Å². The molecule has 0 amide bonds. The molecule has 1 aromatic carbocycles. The molecule has 2 N–H and O–H groups in total. The highest BCUT2D eigenvalue weighted by Gasteiger charge is 2.05. The molecule has 27 heavy (non-hydrogen) atoms. The average Bonchev–Trinajstić information content (AvgIpc) is 2.96. The zero-order valence-corrected chi connectivity index (χ0v) is 19.2. The molecule has 0 saturated carbocycles. The first-order valence-corrected chi connectivity index (χ1v) is 10.1. The van der Waals surface area contributed by atoms with Gasteiger partial charge in [-0.15, -0.1) is 34.2 Å². The number of halogens is 2. The number of aromatic nitrogens is 3. The fourth-order valence-corrected chi connectivity index (χ4v) is 2.75. The van der Waals surface area contributed by atoms with Gasteiger partial charge >= 0.3 is 0 Å². The van der Waals surface area contributed by atoms with E-state index in [4.69, 9.17) is 0 Å². The number of nitrogens with one attached hydrogen (secondary N) is 2. The van der Waals surface area contributed by atoms with Crippen LogP contribution in [-0.2, 0) is 20.0 Å². The Morgan fingerprint density at radius 2 is 1.89 bits per heavy atom. The number of nitrogens with zero attached hydrogens (tertiary/aromatic N) is 4. The Balaban J connectivity index is 0.00000364. The van der Waals surface area contributed by atoms with Crippen LogP contribution in [0, 0.1) is 12.7 Å². The third-order valence-corrected chi connectivity index (χ3v) is 4.70. The number of benzene rings is 1. The summed E-state index contributed by atoms with van der Waals surface area (Å²) in [7, 11) is 1.94. The predicted molar refractivity (Wildman–Crippen MR) is 121 cm³/mol. The van der Waals surface area contributed by atoms with Gasteiger partial charge in [0.1, 0.15) is 18.2 Å². The zero-order valence-electron chi connectivity index (χ0n) is 16.0. The molecule has 6 nitrogen and oxygen atoms in total. The van der Waals surface area contributed by atoms with Gasteiger partial charge in [-0.3, -0.25) is 0 Å². The molecule has 0 aliphatic heterocycles. The fraction of sp³-hybridized carbons (Fsp3) is 0.500. The summed E-state index contributed by atoms with van der Waals surface area (Å²) in [6, 6.07) is 6.59. The molecule has 0 bridgehead atoms. The minimum atomic E-state index is -0.210. The SMILES string of the molecule is CSCCCNC(=NCc1nnc(C)n1C)NCCc1ccc(F)cc1.I. The molecule has 0 saturated heterocycles. The van der Waals surface area contributed by atoms with E-state index in [9.17, 15) is 4.39 Å². The van der Waals surface area contributed by atoms with Crippen molar-refractivity contribution in [3.63, 3.8) is 0 Å². The van der Waals surface area contributed by atoms with E-state index in [1.54, 1.807) is 0 Å². The smallest absolute Gasteiger partial charge is 0.191 e. The quantitative estimate of drug-likeness (QED) is 0.237. The van der Waals surface area contributed by atoms with E-state index in [0.717, 1.165) is 54.9 Å². The average molecular weight is 506 g/mol. The molecule has 0 unspecified atom stereocenters. The Kier molecular flexibility index (Phi) is 11.3. The van der Waals surface area contributed by atoms with Gasteiger partial charge in [0.2, 0.25) is 0 Å². The van der Waals surface area contributed by atoms with Crippen LogP contribution >= 0.6 is 35.7 Å². The first-order chi connectivity index (χ1) is 12.6.